The molecule has 1 N–H and O–H groups in total. The topological polar surface area (TPSA) is 29.1 Å². The summed E-state index contributed by atoms with van der Waals surface area (Å²) in [6.07, 6.45) is 4.13. The van der Waals surface area contributed by atoms with E-state index in [4.69, 9.17) is 0 Å². The van der Waals surface area contributed by atoms with Crippen LogP contribution in [0.3, 0.4) is 0 Å². The number of carbonyl (C=O) groups is 1. The molecule has 1 fully saturated rings. The van der Waals surface area contributed by atoms with E-state index < -0.39 is 0 Å². The van der Waals surface area contributed by atoms with Crippen LogP contribution in [0.4, 0.5) is 0 Å². The third-order valence-corrected chi connectivity index (χ3v) is 5.53. The summed E-state index contributed by atoms with van der Waals surface area (Å²) in [5.74, 6) is 0.730. The second kappa shape index (κ2) is 5.09. The highest BCUT2D eigenvalue weighted by Crippen LogP contribution is 2.41. The Hall–Kier alpha value is -0.370. The summed E-state index contributed by atoms with van der Waals surface area (Å²) >= 11 is 0. The molecule has 0 saturated carbocycles. The van der Waals surface area contributed by atoms with Gasteiger partial charge in [-0.25, -0.2) is 0 Å². The van der Waals surface area contributed by atoms with E-state index in [1.54, 1.807) is 0 Å². The second-order valence-corrected chi connectivity index (χ2v) is 5.70. The van der Waals surface area contributed by atoms with Gasteiger partial charge >= 0.3 is 0 Å². The molecule has 2 nitrogen and oxygen atoms in total. The van der Waals surface area contributed by atoms with Crippen molar-refractivity contribution in [2.45, 2.75) is 78.3 Å². The van der Waals surface area contributed by atoms with E-state index in [1.807, 2.05) is 0 Å². The summed E-state index contributed by atoms with van der Waals surface area (Å²) in [5, 5.41) is 3.89. The quantitative estimate of drug-likeness (QED) is 0.813. The van der Waals surface area contributed by atoms with Gasteiger partial charge in [0.2, 0.25) is 0 Å². The van der Waals surface area contributed by atoms with Gasteiger partial charge in [-0.3, -0.25) is 4.79 Å². The minimum absolute atomic E-state index is 0.00954. The van der Waals surface area contributed by atoms with Gasteiger partial charge < -0.3 is 5.32 Å². The van der Waals surface area contributed by atoms with Crippen LogP contribution in [0.15, 0.2) is 0 Å². The normalized spacial score (nSPS) is 31.5. The smallest absolute Gasteiger partial charge is 0.142 e. The Kier molecular flexibility index (Phi) is 4.40. The van der Waals surface area contributed by atoms with Crippen molar-refractivity contribution < 1.29 is 4.79 Å². The van der Waals surface area contributed by atoms with Gasteiger partial charge in [-0.1, -0.05) is 41.5 Å². The van der Waals surface area contributed by atoms with Crippen LogP contribution < -0.4 is 5.32 Å². The van der Waals surface area contributed by atoms with Crippen molar-refractivity contribution in [1.29, 1.82) is 0 Å². The van der Waals surface area contributed by atoms with Gasteiger partial charge in [0.1, 0.15) is 5.78 Å². The summed E-state index contributed by atoms with van der Waals surface area (Å²) in [6.45, 7) is 13.0. The Morgan fingerprint density at radius 2 is 1.18 bits per heavy atom. The van der Waals surface area contributed by atoms with Crippen molar-refractivity contribution in [3.8, 4) is 0 Å². The molecular formula is C15H29NO. The Labute approximate surface area is 107 Å². The predicted molar refractivity (Wildman–Crippen MR) is 73.1 cm³/mol. The molecule has 2 heteroatoms. The molecule has 0 amide bonds. The fraction of sp³-hybridized carbons (Fsp3) is 0.933. The first-order chi connectivity index (χ1) is 7.93. The number of piperidine rings is 1. The Morgan fingerprint density at radius 3 is 1.41 bits per heavy atom. The molecule has 1 saturated heterocycles. The second-order valence-electron chi connectivity index (χ2n) is 5.70. The van der Waals surface area contributed by atoms with Gasteiger partial charge in [0.25, 0.3) is 0 Å². The van der Waals surface area contributed by atoms with E-state index >= 15 is 0 Å². The largest absolute Gasteiger partial charge is 0.304 e. The van der Waals surface area contributed by atoms with Gasteiger partial charge in [-0.2, -0.15) is 0 Å². The van der Waals surface area contributed by atoms with Gasteiger partial charge in [-0.15, -0.1) is 0 Å². The van der Waals surface area contributed by atoms with E-state index in [1.165, 1.54) is 0 Å². The van der Waals surface area contributed by atoms with Crippen LogP contribution in [-0.4, -0.2) is 16.9 Å². The minimum atomic E-state index is 0.00954. The van der Waals surface area contributed by atoms with Crippen LogP contribution in [0.25, 0.3) is 0 Å². The predicted octanol–water partition coefficient (Wildman–Crippen LogP) is 3.55. The number of Topliss-reactive ketones (excluding diaryl/α,β-unsaturated/α-hetero) is 1. The standard InChI is InChI=1S/C15H29NO/c1-7-14(8-2)11(5)13(17)12(6)15(9-3,10-4)16-14/h11-12,16H,7-10H2,1-6H3. The maximum absolute atomic E-state index is 12.6. The lowest BCUT2D eigenvalue weighted by Gasteiger charge is -2.54. The van der Waals surface area contributed by atoms with Crippen molar-refractivity contribution in [2.24, 2.45) is 11.8 Å². The molecule has 0 aliphatic carbocycles. The van der Waals surface area contributed by atoms with Crippen molar-refractivity contribution in [3.63, 3.8) is 0 Å². The first-order valence-corrected chi connectivity index (χ1v) is 7.26. The van der Waals surface area contributed by atoms with Crippen LogP contribution in [0.1, 0.15) is 67.2 Å². The molecule has 0 bridgehead atoms. The SMILES string of the molecule is CCC1(CC)NC(CC)(CC)C(C)C(=O)C1C. The fourth-order valence-electron chi connectivity index (χ4n) is 3.71. The number of hydrogen-bond donors (Lipinski definition) is 1. The average Bonchev–Trinajstić information content (AvgIpc) is 2.38. The Morgan fingerprint density at radius 1 is 0.882 bits per heavy atom. The number of ketones is 1. The molecule has 1 aliphatic heterocycles. The van der Waals surface area contributed by atoms with Crippen LogP contribution in [0.5, 0.6) is 0 Å². The molecule has 0 aromatic heterocycles. The maximum Gasteiger partial charge on any atom is 0.142 e. The molecule has 17 heavy (non-hydrogen) atoms. The minimum Gasteiger partial charge on any atom is -0.304 e. The summed E-state index contributed by atoms with van der Waals surface area (Å²) in [5.41, 5.74) is 0.0191. The van der Waals surface area contributed by atoms with E-state index in [-0.39, 0.29) is 22.9 Å². The Bertz CT molecular complexity index is 251. The van der Waals surface area contributed by atoms with Crippen molar-refractivity contribution in [3.05, 3.63) is 0 Å². The number of nitrogens with one attached hydrogen (secondary N) is 1. The molecular weight excluding hydrogens is 210 g/mol. The van der Waals surface area contributed by atoms with Gasteiger partial charge in [0.05, 0.1) is 0 Å². The van der Waals surface area contributed by atoms with Gasteiger partial charge in [0, 0.05) is 22.9 Å². The lowest BCUT2D eigenvalue weighted by molar-refractivity contribution is -0.138. The summed E-state index contributed by atoms with van der Waals surface area (Å²) < 4.78 is 0. The zero-order chi connectivity index (χ0) is 13.3. The van der Waals surface area contributed by atoms with E-state index in [2.05, 4.69) is 46.9 Å². The molecule has 100 valence electrons. The first-order valence-electron chi connectivity index (χ1n) is 7.26. The molecule has 0 spiro atoms. The average molecular weight is 239 g/mol. The highest BCUT2D eigenvalue weighted by molar-refractivity contribution is 5.86. The van der Waals surface area contributed by atoms with Crippen LogP contribution in [0, 0.1) is 11.8 Å². The third kappa shape index (κ3) is 2.05. The van der Waals surface area contributed by atoms with Gasteiger partial charge in [-0.05, 0) is 25.7 Å². The molecule has 0 aromatic rings. The Balaban J connectivity index is 3.18. The molecule has 1 aliphatic rings. The van der Waals surface area contributed by atoms with Crippen molar-refractivity contribution >= 4 is 5.78 Å². The highest BCUT2D eigenvalue weighted by atomic mass is 16.1. The molecule has 2 unspecified atom stereocenters. The van der Waals surface area contributed by atoms with Crippen LogP contribution in [0.2, 0.25) is 0 Å². The van der Waals surface area contributed by atoms with E-state index in [0.717, 1.165) is 25.7 Å². The zero-order valence-corrected chi connectivity index (χ0v) is 12.4. The maximum atomic E-state index is 12.6. The van der Waals surface area contributed by atoms with Crippen molar-refractivity contribution in [1.82, 2.24) is 5.32 Å². The number of hydrogen-bond acceptors (Lipinski definition) is 2. The van der Waals surface area contributed by atoms with Gasteiger partial charge in [0.15, 0.2) is 0 Å². The molecule has 1 heterocycles. The van der Waals surface area contributed by atoms with E-state index in [9.17, 15) is 4.79 Å². The van der Waals surface area contributed by atoms with Crippen LogP contribution >= 0.6 is 0 Å². The molecule has 0 radical (unpaired) electrons. The number of rotatable bonds is 4. The third-order valence-electron chi connectivity index (χ3n) is 5.53. The highest BCUT2D eigenvalue weighted by Gasteiger charge is 2.52. The lowest BCUT2D eigenvalue weighted by Crippen LogP contribution is -2.70. The van der Waals surface area contributed by atoms with E-state index in [0.29, 0.717) is 5.78 Å². The number of carbonyl (C=O) groups excluding carboxylic acids is 1. The van der Waals surface area contributed by atoms with Crippen molar-refractivity contribution in [2.75, 3.05) is 0 Å². The first kappa shape index (κ1) is 14.7. The molecule has 2 atom stereocenters. The fourth-order valence-corrected chi connectivity index (χ4v) is 3.71. The summed E-state index contributed by atoms with van der Waals surface area (Å²) in [4.78, 5) is 12.6. The summed E-state index contributed by atoms with van der Waals surface area (Å²) in [7, 11) is 0. The zero-order valence-electron chi connectivity index (χ0n) is 12.4. The molecule has 1 rings (SSSR count). The lowest BCUT2D eigenvalue weighted by atomic mass is 9.63. The van der Waals surface area contributed by atoms with Crippen LogP contribution in [-0.2, 0) is 4.79 Å². The molecule has 0 aromatic carbocycles. The monoisotopic (exact) mass is 239 g/mol. The summed E-state index contributed by atoms with van der Waals surface area (Å²) in [6, 6.07) is 0.